The predicted molar refractivity (Wildman–Crippen MR) is 82.7 cm³/mol. The molecule has 5 nitrogen and oxygen atoms in total. The van der Waals surface area contributed by atoms with Gasteiger partial charge in [-0.2, -0.15) is 0 Å². The summed E-state index contributed by atoms with van der Waals surface area (Å²) < 4.78 is 27.7. The number of amides is 1. The van der Waals surface area contributed by atoms with Gasteiger partial charge in [0, 0.05) is 19.6 Å². The summed E-state index contributed by atoms with van der Waals surface area (Å²) in [5, 5.41) is 12.1. The van der Waals surface area contributed by atoms with Gasteiger partial charge in [-0.15, -0.1) is 0 Å². The van der Waals surface area contributed by atoms with E-state index < -0.39 is 29.6 Å². The first-order chi connectivity index (χ1) is 11.3. The van der Waals surface area contributed by atoms with Gasteiger partial charge in [0.15, 0.2) is 11.6 Å². The first kappa shape index (κ1) is 16.8. The second-order valence-electron chi connectivity index (χ2n) is 6.83. The lowest BCUT2D eigenvalue weighted by atomic mass is 9.76. The molecule has 2 N–H and O–H groups in total. The third-order valence-corrected chi connectivity index (χ3v) is 5.28. The Labute approximate surface area is 138 Å². The molecule has 1 spiro atoms. The van der Waals surface area contributed by atoms with Crippen molar-refractivity contribution in [1.29, 1.82) is 0 Å². The SMILES string of the molecule is Cc1ccc(C(=O)N2CCC3(CC2)CN[C@H](C(=O)O)C3)c(F)c1F. The van der Waals surface area contributed by atoms with E-state index in [4.69, 9.17) is 5.11 Å². The van der Waals surface area contributed by atoms with Crippen LogP contribution in [0.2, 0.25) is 0 Å². The molecule has 0 bridgehead atoms. The minimum absolute atomic E-state index is 0.128. The summed E-state index contributed by atoms with van der Waals surface area (Å²) in [5.41, 5.74) is -0.211. The normalized spacial score (nSPS) is 22.8. The van der Waals surface area contributed by atoms with Crippen molar-refractivity contribution >= 4 is 11.9 Å². The zero-order chi connectivity index (χ0) is 17.5. The van der Waals surface area contributed by atoms with Crippen molar-refractivity contribution in [3.63, 3.8) is 0 Å². The molecule has 0 radical (unpaired) electrons. The Morgan fingerprint density at radius 1 is 1.25 bits per heavy atom. The topological polar surface area (TPSA) is 69.6 Å². The average molecular weight is 338 g/mol. The zero-order valence-corrected chi connectivity index (χ0v) is 13.4. The summed E-state index contributed by atoms with van der Waals surface area (Å²) >= 11 is 0. The van der Waals surface area contributed by atoms with Crippen LogP contribution in [0.25, 0.3) is 0 Å². The minimum Gasteiger partial charge on any atom is -0.480 e. The van der Waals surface area contributed by atoms with Gasteiger partial charge in [-0.1, -0.05) is 6.07 Å². The van der Waals surface area contributed by atoms with E-state index in [0.717, 1.165) is 0 Å². The number of hydrogen-bond donors (Lipinski definition) is 2. The summed E-state index contributed by atoms with van der Waals surface area (Å²) in [4.78, 5) is 25.1. The molecule has 0 aliphatic carbocycles. The number of halogens is 2. The molecule has 2 aliphatic heterocycles. The molecule has 0 unspecified atom stereocenters. The molecule has 130 valence electrons. The lowest BCUT2D eigenvalue weighted by Gasteiger charge is -2.39. The minimum atomic E-state index is -1.10. The molecular weight excluding hydrogens is 318 g/mol. The van der Waals surface area contributed by atoms with Crippen molar-refractivity contribution in [3.05, 3.63) is 34.9 Å². The first-order valence-electron chi connectivity index (χ1n) is 8.03. The van der Waals surface area contributed by atoms with Crippen LogP contribution >= 0.6 is 0 Å². The molecule has 1 atom stereocenters. The van der Waals surface area contributed by atoms with E-state index in [0.29, 0.717) is 38.9 Å². The number of nitrogens with one attached hydrogen (secondary N) is 1. The fourth-order valence-electron chi connectivity index (χ4n) is 3.64. The maximum absolute atomic E-state index is 14.0. The third kappa shape index (κ3) is 2.88. The van der Waals surface area contributed by atoms with Crippen LogP contribution in [0.3, 0.4) is 0 Å². The van der Waals surface area contributed by atoms with Gasteiger partial charge in [-0.3, -0.25) is 9.59 Å². The van der Waals surface area contributed by atoms with Crippen LogP contribution in [0.4, 0.5) is 8.78 Å². The number of aliphatic carboxylic acids is 1. The first-order valence-corrected chi connectivity index (χ1v) is 8.03. The number of carboxylic acids is 1. The molecule has 2 saturated heterocycles. The maximum atomic E-state index is 14.0. The highest BCUT2D eigenvalue weighted by Gasteiger charge is 2.44. The Hall–Kier alpha value is -2.02. The van der Waals surface area contributed by atoms with E-state index in [9.17, 15) is 18.4 Å². The largest absolute Gasteiger partial charge is 0.480 e. The number of carbonyl (C=O) groups excluding carboxylic acids is 1. The number of nitrogens with zero attached hydrogens (tertiary/aromatic N) is 1. The van der Waals surface area contributed by atoms with Gasteiger partial charge in [0.2, 0.25) is 0 Å². The van der Waals surface area contributed by atoms with Gasteiger partial charge in [0.25, 0.3) is 5.91 Å². The third-order valence-electron chi connectivity index (χ3n) is 5.28. The number of likely N-dealkylation sites (tertiary alicyclic amines) is 1. The van der Waals surface area contributed by atoms with Crippen LogP contribution in [0, 0.1) is 24.0 Å². The molecule has 0 saturated carbocycles. The van der Waals surface area contributed by atoms with Gasteiger partial charge in [0.05, 0.1) is 5.56 Å². The summed E-state index contributed by atoms with van der Waals surface area (Å²) in [7, 11) is 0. The summed E-state index contributed by atoms with van der Waals surface area (Å²) in [6.07, 6.45) is 1.86. The van der Waals surface area contributed by atoms with Crippen molar-refractivity contribution in [2.75, 3.05) is 19.6 Å². The van der Waals surface area contributed by atoms with Crippen molar-refractivity contribution in [2.24, 2.45) is 5.41 Å². The van der Waals surface area contributed by atoms with Crippen LogP contribution < -0.4 is 5.32 Å². The molecule has 1 aromatic carbocycles. The Balaban J connectivity index is 1.68. The molecule has 7 heteroatoms. The summed E-state index contributed by atoms with van der Waals surface area (Å²) in [6, 6.07) is 2.17. The Morgan fingerprint density at radius 3 is 2.50 bits per heavy atom. The van der Waals surface area contributed by atoms with E-state index in [1.807, 2.05) is 0 Å². The van der Waals surface area contributed by atoms with Crippen LogP contribution in [0.1, 0.15) is 35.2 Å². The zero-order valence-electron chi connectivity index (χ0n) is 13.4. The predicted octanol–water partition coefficient (Wildman–Crippen LogP) is 1.94. The van der Waals surface area contributed by atoms with E-state index in [-0.39, 0.29) is 16.5 Å². The molecule has 2 heterocycles. The molecule has 2 aliphatic rings. The van der Waals surface area contributed by atoms with Crippen molar-refractivity contribution in [2.45, 2.75) is 32.2 Å². The highest BCUT2D eigenvalue weighted by Crippen LogP contribution is 2.39. The van der Waals surface area contributed by atoms with Crippen LogP contribution in [-0.2, 0) is 4.79 Å². The number of carbonyl (C=O) groups is 2. The monoisotopic (exact) mass is 338 g/mol. The number of benzene rings is 1. The van der Waals surface area contributed by atoms with Crippen LogP contribution in [-0.4, -0.2) is 47.6 Å². The number of carboxylic acid groups (broad SMARTS) is 1. The lowest BCUT2D eigenvalue weighted by molar-refractivity contribution is -0.139. The highest BCUT2D eigenvalue weighted by molar-refractivity contribution is 5.94. The molecule has 2 fully saturated rings. The van der Waals surface area contributed by atoms with E-state index >= 15 is 0 Å². The second kappa shape index (κ2) is 6.12. The molecule has 24 heavy (non-hydrogen) atoms. The van der Waals surface area contributed by atoms with Gasteiger partial charge < -0.3 is 15.3 Å². The summed E-state index contributed by atoms with van der Waals surface area (Å²) in [6.45, 7) is 2.90. The number of piperidine rings is 1. The van der Waals surface area contributed by atoms with E-state index in [1.165, 1.54) is 24.0 Å². The van der Waals surface area contributed by atoms with Gasteiger partial charge in [-0.25, -0.2) is 8.78 Å². The van der Waals surface area contributed by atoms with E-state index in [2.05, 4.69) is 5.32 Å². The fraction of sp³-hybridized carbons (Fsp3) is 0.529. The van der Waals surface area contributed by atoms with Crippen molar-refractivity contribution < 1.29 is 23.5 Å². The quantitative estimate of drug-likeness (QED) is 0.865. The lowest BCUT2D eigenvalue weighted by Crippen LogP contribution is -2.44. The smallest absolute Gasteiger partial charge is 0.320 e. The number of hydrogen-bond acceptors (Lipinski definition) is 3. The second-order valence-corrected chi connectivity index (χ2v) is 6.83. The molecule has 0 aromatic heterocycles. The Morgan fingerprint density at radius 2 is 1.92 bits per heavy atom. The average Bonchev–Trinajstić information content (AvgIpc) is 2.97. The number of aryl methyl sites for hydroxylation is 1. The van der Waals surface area contributed by atoms with E-state index in [1.54, 1.807) is 0 Å². The van der Waals surface area contributed by atoms with Gasteiger partial charge >= 0.3 is 5.97 Å². The van der Waals surface area contributed by atoms with Crippen molar-refractivity contribution in [1.82, 2.24) is 10.2 Å². The van der Waals surface area contributed by atoms with Gasteiger partial charge in [-0.05, 0) is 43.2 Å². The van der Waals surface area contributed by atoms with Crippen LogP contribution in [0.15, 0.2) is 12.1 Å². The molecule has 1 amide bonds. The standard InChI is InChI=1S/C17H20F2N2O3/c1-10-2-3-11(14(19)13(10)18)15(22)21-6-4-17(5-7-21)8-12(16(23)24)20-9-17/h2-3,12,20H,4-9H2,1H3,(H,23,24)/t12-/m0/s1. The van der Waals surface area contributed by atoms with Gasteiger partial charge in [0.1, 0.15) is 6.04 Å². The Bertz CT molecular complexity index is 685. The molecular formula is C17H20F2N2O3. The molecule has 1 aromatic rings. The Kier molecular flexibility index (Phi) is 4.29. The summed E-state index contributed by atoms with van der Waals surface area (Å²) in [5.74, 6) is -3.46. The highest BCUT2D eigenvalue weighted by atomic mass is 19.2. The number of rotatable bonds is 2. The van der Waals surface area contributed by atoms with Crippen LogP contribution in [0.5, 0.6) is 0 Å². The maximum Gasteiger partial charge on any atom is 0.320 e. The van der Waals surface area contributed by atoms with Crippen molar-refractivity contribution in [3.8, 4) is 0 Å². The molecule has 3 rings (SSSR count). The fourth-order valence-corrected chi connectivity index (χ4v) is 3.64.